The van der Waals surface area contributed by atoms with E-state index in [1.165, 1.54) is 23.5 Å². The zero-order chi connectivity index (χ0) is 13.2. The SMILES string of the molecule is N#Cc1ccc(S(=O)(=O)NCc2ccc(Cl)s2)s1. The molecule has 2 aromatic rings. The van der Waals surface area contributed by atoms with Crippen molar-refractivity contribution < 1.29 is 8.42 Å². The second kappa shape index (κ2) is 5.38. The number of halogens is 1. The summed E-state index contributed by atoms with van der Waals surface area (Å²) in [5, 5.41) is 8.66. The first-order valence-electron chi connectivity index (χ1n) is 4.75. The van der Waals surface area contributed by atoms with Crippen LogP contribution < -0.4 is 4.72 Å². The molecule has 0 aliphatic carbocycles. The molecule has 0 radical (unpaired) electrons. The molecular weight excluding hydrogens is 312 g/mol. The average Bonchev–Trinajstić information content (AvgIpc) is 2.95. The molecule has 18 heavy (non-hydrogen) atoms. The smallest absolute Gasteiger partial charge is 0.206 e. The fourth-order valence-electron chi connectivity index (χ4n) is 1.21. The molecule has 0 aliphatic heterocycles. The van der Waals surface area contributed by atoms with Gasteiger partial charge in [-0.2, -0.15) is 5.26 Å². The molecule has 0 saturated heterocycles. The highest BCUT2D eigenvalue weighted by molar-refractivity contribution is 7.91. The van der Waals surface area contributed by atoms with Gasteiger partial charge in [-0.05, 0) is 24.3 Å². The van der Waals surface area contributed by atoms with Gasteiger partial charge in [-0.15, -0.1) is 22.7 Å². The summed E-state index contributed by atoms with van der Waals surface area (Å²) in [7, 11) is -3.56. The lowest BCUT2D eigenvalue weighted by molar-refractivity contribution is 0.584. The Bertz CT molecular complexity index is 697. The Morgan fingerprint density at radius 3 is 2.61 bits per heavy atom. The normalized spacial score (nSPS) is 11.3. The third-order valence-electron chi connectivity index (χ3n) is 2.02. The van der Waals surface area contributed by atoms with Crippen LogP contribution in [0.3, 0.4) is 0 Å². The molecule has 0 amide bonds. The van der Waals surface area contributed by atoms with Gasteiger partial charge in [-0.3, -0.25) is 0 Å². The molecule has 2 aromatic heterocycles. The van der Waals surface area contributed by atoms with E-state index < -0.39 is 10.0 Å². The highest BCUT2D eigenvalue weighted by atomic mass is 35.5. The van der Waals surface area contributed by atoms with Crippen molar-refractivity contribution in [2.24, 2.45) is 0 Å². The lowest BCUT2D eigenvalue weighted by Gasteiger charge is -2.02. The van der Waals surface area contributed by atoms with Gasteiger partial charge in [0.15, 0.2) is 0 Å². The molecule has 2 heterocycles. The molecule has 0 saturated carbocycles. The third-order valence-corrected chi connectivity index (χ3v) is 6.14. The van der Waals surface area contributed by atoms with Gasteiger partial charge < -0.3 is 0 Å². The Hall–Kier alpha value is -0.910. The maximum atomic E-state index is 11.9. The van der Waals surface area contributed by atoms with Crippen LogP contribution in [0.25, 0.3) is 0 Å². The van der Waals surface area contributed by atoms with Gasteiger partial charge in [0.1, 0.15) is 15.2 Å². The van der Waals surface area contributed by atoms with E-state index in [-0.39, 0.29) is 10.8 Å². The van der Waals surface area contributed by atoms with E-state index in [2.05, 4.69) is 4.72 Å². The van der Waals surface area contributed by atoms with Crippen LogP contribution in [-0.2, 0) is 16.6 Å². The number of thiophene rings is 2. The quantitative estimate of drug-likeness (QED) is 0.942. The van der Waals surface area contributed by atoms with E-state index in [0.29, 0.717) is 9.21 Å². The van der Waals surface area contributed by atoms with Gasteiger partial charge in [0.25, 0.3) is 0 Å². The molecule has 0 aliphatic rings. The van der Waals surface area contributed by atoms with Gasteiger partial charge in [-0.25, -0.2) is 13.1 Å². The number of rotatable bonds is 4. The third kappa shape index (κ3) is 3.10. The molecule has 8 heteroatoms. The number of nitrogens with one attached hydrogen (secondary N) is 1. The van der Waals surface area contributed by atoms with E-state index in [1.807, 2.05) is 6.07 Å². The first-order valence-corrected chi connectivity index (χ1v) is 8.24. The molecule has 0 spiro atoms. The van der Waals surface area contributed by atoms with Crippen molar-refractivity contribution in [2.45, 2.75) is 10.8 Å². The van der Waals surface area contributed by atoms with Crippen molar-refractivity contribution in [2.75, 3.05) is 0 Å². The lowest BCUT2D eigenvalue weighted by atomic mass is 10.5. The zero-order valence-electron chi connectivity index (χ0n) is 8.88. The Kier molecular flexibility index (Phi) is 4.04. The largest absolute Gasteiger partial charge is 0.250 e. The maximum absolute atomic E-state index is 11.9. The Morgan fingerprint density at radius 1 is 1.28 bits per heavy atom. The van der Waals surface area contributed by atoms with Crippen LogP contribution in [0.5, 0.6) is 0 Å². The first kappa shape index (κ1) is 13.5. The van der Waals surface area contributed by atoms with E-state index in [1.54, 1.807) is 12.1 Å². The zero-order valence-corrected chi connectivity index (χ0v) is 12.1. The Balaban J connectivity index is 2.10. The van der Waals surface area contributed by atoms with E-state index in [9.17, 15) is 8.42 Å². The average molecular weight is 319 g/mol. The predicted molar refractivity (Wildman–Crippen MR) is 72.4 cm³/mol. The Labute approximate surface area is 118 Å². The highest BCUT2D eigenvalue weighted by Crippen LogP contribution is 2.23. The summed E-state index contributed by atoms with van der Waals surface area (Å²) in [5.74, 6) is 0. The van der Waals surface area contributed by atoms with Crippen molar-refractivity contribution in [3.63, 3.8) is 0 Å². The lowest BCUT2D eigenvalue weighted by Crippen LogP contribution is -2.21. The standard InChI is InChI=1S/C10H7ClN2O2S3/c11-9-3-1-8(16-9)6-13-18(14,15)10-4-2-7(5-12)17-10/h1-4,13H,6H2. The minimum absolute atomic E-state index is 0.140. The van der Waals surface area contributed by atoms with Gasteiger partial charge in [0, 0.05) is 11.4 Å². The molecule has 0 unspecified atom stereocenters. The summed E-state index contributed by atoms with van der Waals surface area (Å²) < 4.78 is 27.0. The number of nitriles is 1. The van der Waals surface area contributed by atoms with Gasteiger partial charge in [0.05, 0.1) is 4.34 Å². The van der Waals surface area contributed by atoms with Crippen molar-refractivity contribution in [3.05, 3.63) is 38.4 Å². The topological polar surface area (TPSA) is 70.0 Å². The summed E-state index contributed by atoms with van der Waals surface area (Å²) in [5.41, 5.74) is 0. The summed E-state index contributed by atoms with van der Waals surface area (Å²) >= 11 is 8.03. The minimum Gasteiger partial charge on any atom is -0.206 e. The monoisotopic (exact) mass is 318 g/mol. The fraction of sp³-hybridized carbons (Fsp3) is 0.100. The van der Waals surface area contributed by atoms with Crippen molar-refractivity contribution in [1.29, 1.82) is 5.26 Å². The first-order chi connectivity index (χ1) is 8.51. The minimum atomic E-state index is -3.56. The van der Waals surface area contributed by atoms with Gasteiger partial charge >= 0.3 is 0 Å². The summed E-state index contributed by atoms with van der Waals surface area (Å²) in [6, 6.07) is 8.30. The molecule has 4 nitrogen and oxygen atoms in total. The number of nitrogens with zero attached hydrogens (tertiary/aromatic N) is 1. The molecule has 1 N–H and O–H groups in total. The summed E-state index contributed by atoms with van der Waals surface area (Å²) in [4.78, 5) is 1.20. The van der Waals surface area contributed by atoms with Crippen LogP contribution in [0.1, 0.15) is 9.75 Å². The predicted octanol–water partition coefficient (Wildman–Crippen LogP) is 2.81. The molecule has 0 fully saturated rings. The van der Waals surface area contributed by atoms with Crippen LogP contribution in [-0.4, -0.2) is 8.42 Å². The second-order valence-corrected chi connectivity index (χ2v) is 8.14. The maximum Gasteiger partial charge on any atom is 0.250 e. The summed E-state index contributed by atoms with van der Waals surface area (Å²) in [6.07, 6.45) is 0. The van der Waals surface area contributed by atoms with Crippen LogP contribution in [0, 0.1) is 11.3 Å². The number of hydrogen-bond acceptors (Lipinski definition) is 5. The van der Waals surface area contributed by atoms with E-state index >= 15 is 0 Å². The second-order valence-electron chi connectivity index (χ2n) is 3.26. The van der Waals surface area contributed by atoms with Gasteiger partial charge in [-0.1, -0.05) is 11.6 Å². The van der Waals surface area contributed by atoms with Crippen molar-refractivity contribution in [1.82, 2.24) is 4.72 Å². The van der Waals surface area contributed by atoms with Crippen molar-refractivity contribution in [3.8, 4) is 6.07 Å². The molecule has 0 bridgehead atoms. The molecule has 0 aromatic carbocycles. The molecule has 0 atom stereocenters. The van der Waals surface area contributed by atoms with E-state index in [4.69, 9.17) is 16.9 Å². The summed E-state index contributed by atoms with van der Waals surface area (Å²) in [6.45, 7) is 0.194. The highest BCUT2D eigenvalue weighted by Gasteiger charge is 2.16. The van der Waals surface area contributed by atoms with Crippen LogP contribution in [0.2, 0.25) is 4.34 Å². The van der Waals surface area contributed by atoms with Crippen LogP contribution in [0.15, 0.2) is 28.5 Å². The fourth-order valence-corrected chi connectivity index (χ4v) is 4.48. The Morgan fingerprint density at radius 2 is 2.06 bits per heavy atom. The number of hydrogen-bond donors (Lipinski definition) is 1. The van der Waals surface area contributed by atoms with Crippen molar-refractivity contribution >= 4 is 44.3 Å². The van der Waals surface area contributed by atoms with E-state index in [0.717, 1.165) is 16.2 Å². The number of sulfonamides is 1. The van der Waals surface area contributed by atoms with Crippen LogP contribution >= 0.6 is 34.3 Å². The molecule has 2 rings (SSSR count). The molecule has 94 valence electrons. The van der Waals surface area contributed by atoms with Crippen LogP contribution in [0.4, 0.5) is 0 Å². The molecular formula is C10H7ClN2O2S3. The van der Waals surface area contributed by atoms with Gasteiger partial charge in [0.2, 0.25) is 10.0 Å².